The van der Waals surface area contributed by atoms with Gasteiger partial charge in [-0.3, -0.25) is 15.7 Å². The van der Waals surface area contributed by atoms with Crippen LogP contribution in [-0.2, 0) is 0 Å². The Bertz CT molecular complexity index is 241. The number of nitrogens with zero attached hydrogens (tertiary/aromatic N) is 2. The number of guanidine groups is 2. The highest BCUT2D eigenvalue weighted by molar-refractivity contribution is 5.95. The van der Waals surface area contributed by atoms with Crippen molar-refractivity contribution in [2.75, 3.05) is 26.7 Å². The molecule has 0 radical (unpaired) electrons. The number of hydrogen-bond donors (Lipinski definition) is 4. The lowest BCUT2D eigenvalue weighted by molar-refractivity contribution is 0.223. The molecule has 86 valence electrons. The molecule has 1 aliphatic rings. The van der Waals surface area contributed by atoms with Crippen LogP contribution in [0.3, 0.4) is 0 Å². The third-order valence-electron chi connectivity index (χ3n) is 2.62. The highest BCUT2D eigenvalue weighted by atomic mass is 15.2. The van der Waals surface area contributed by atoms with Gasteiger partial charge >= 0.3 is 0 Å². The molecule has 1 fully saturated rings. The average molecular weight is 212 g/mol. The lowest BCUT2D eigenvalue weighted by Gasteiger charge is -2.27. The second-order valence-electron chi connectivity index (χ2n) is 4.01. The van der Waals surface area contributed by atoms with Gasteiger partial charge in [0.05, 0.1) is 0 Å². The van der Waals surface area contributed by atoms with Crippen LogP contribution in [0.1, 0.15) is 12.8 Å². The Morgan fingerprint density at radius 3 is 2.60 bits per heavy atom. The molecule has 6 N–H and O–H groups in total. The van der Waals surface area contributed by atoms with E-state index in [1.165, 1.54) is 0 Å². The third kappa shape index (κ3) is 4.64. The van der Waals surface area contributed by atoms with Gasteiger partial charge in [-0.25, -0.2) is 0 Å². The van der Waals surface area contributed by atoms with Gasteiger partial charge in [0.2, 0.25) is 0 Å². The Kier molecular flexibility index (Phi) is 4.36. The first-order valence-corrected chi connectivity index (χ1v) is 5.17. The summed E-state index contributed by atoms with van der Waals surface area (Å²) >= 11 is 0. The van der Waals surface area contributed by atoms with E-state index in [1.807, 2.05) is 0 Å². The molecular weight excluding hydrogens is 192 g/mol. The normalized spacial score (nSPS) is 20.2. The summed E-state index contributed by atoms with van der Waals surface area (Å²) in [7, 11) is 2.13. The summed E-state index contributed by atoms with van der Waals surface area (Å²) in [6.45, 7) is 2.97. The first-order chi connectivity index (χ1) is 7.08. The molecule has 0 unspecified atom stereocenters. The standard InChI is InChI=1S/C9H20N6/c1-15-4-2-7(3-5-15)6-13-9(12)14-8(10)11/h7H,2-6H2,1H3,(H6,10,11,12,13,14). The fourth-order valence-electron chi connectivity index (χ4n) is 1.65. The average Bonchev–Trinajstić information content (AvgIpc) is 2.16. The van der Waals surface area contributed by atoms with Gasteiger partial charge in [0, 0.05) is 6.54 Å². The maximum Gasteiger partial charge on any atom is 0.195 e. The molecule has 6 heteroatoms. The first-order valence-electron chi connectivity index (χ1n) is 5.17. The molecule has 1 rings (SSSR count). The zero-order valence-corrected chi connectivity index (χ0v) is 9.16. The van der Waals surface area contributed by atoms with Gasteiger partial charge in [0.1, 0.15) is 0 Å². The van der Waals surface area contributed by atoms with Crippen molar-refractivity contribution in [2.24, 2.45) is 22.4 Å². The van der Waals surface area contributed by atoms with E-state index in [0.29, 0.717) is 5.92 Å². The summed E-state index contributed by atoms with van der Waals surface area (Å²) < 4.78 is 0. The summed E-state index contributed by atoms with van der Waals surface area (Å²) in [6, 6.07) is 0. The molecule has 0 aromatic heterocycles. The van der Waals surface area contributed by atoms with Crippen LogP contribution in [0.25, 0.3) is 0 Å². The molecule has 0 saturated carbocycles. The van der Waals surface area contributed by atoms with Crippen molar-refractivity contribution in [1.82, 2.24) is 10.2 Å². The fraction of sp³-hybridized carbons (Fsp3) is 0.778. The van der Waals surface area contributed by atoms with Gasteiger partial charge < -0.3 is 16.4 Å². The van der Waals surface area contributed by atoms with E-state index in [2.05, 4.69) is 22.3 Å². The van der Waals surface area contributed by atoms with Crippen LogP contribution in [-0.4, -0.2) is 43.5 Å². The summed E-state index contributed by atoms with van der Waals surface area (Å²) in [5.41, 5.74) is 10.7. The number of nitrogens with two attached hydrogens (primary N) is 2. The number of nitrogens with one attached hydrogen (secondary N) is 2. The van der Waals surface area contributed by atoms with E-state index >= 15 is 0 Å². The number of aliphatic imine (C=N–C) groups is 1. The quantitative estimate of drug-likeness (QED) is 0.353. The lowest BCUT2D eigenvalue weighted by atomic mass is 9.97. The smallest absolute Gasteiger partial charge is 0.195 e. The van der Waals surface area contributed by atoms with Crippen molar-refractivity contribution in [3.8, 4) is 0 Å². The molecule has 1 saturated heterocycles. The SMILES string of the molecule is CN1CCC(CN=C(N)NC(=N)N)CC1. The summed E-state index contributed by atoms with van der Waals surface area (Å²) in [5, 5.41) is 9.44. The molecule has 15 heavy (non-hydrogen) atoms. The van der Waals surface area contributed by atoms with Crippen molar-refractivity contribution in [3.63, 3.8) is 0 Å². The van der Waals surface area contributed by atoms with E-state index in [-0.39, 0.29) is 11.9 Å². The van der Waals surface area contributed by atoms with Crippen LogP contribution >= 0.6 is 0 Å². The summed E-state index contributed by atoms with van der Waals surface area (Å²) in [5.74, 6) is 0.676. The Morgan fingerprint density at radius 2 is 2.07 bits per heavy atom. The number of likely N-dealkylation sites (tertiary alicyclic amines) is 1. The second-order valence-corrected chi connectivity index (χ2v) is 4.01. The van der Waals surface area contributed by atoms with Gasteiger partial charge in [0.25, 0.3) is 0 Å². The van der Waals surface area contributed by atoms with Crippen LogP contribution in [0.5, 0.6) is 0 Å². The first kappa shape index (κ1) is 11.8. The van der Waals surface area contributed by atoms with Crippen LogP contribution in [0.2, 0.25) is 0 Å². The molecule has 0 aromatic carbocycles. The van der Waals surface area contributed by atoms with Crippen molar-refractivity contribution in [3.05, 3.63) is 0 Å². The topological polar surface area (TPSA) is 104 Å². The zero-order valence-electron chi connectivity index (χ0n) is 9.16. The predicted molar refractivity (Wildman–Crippen MR) is 61.8 cm³/mol. The molecule has 6 nitrogen and oxygen atoms in total. The van der Waals surface area contributed by atoms with E-state index in [1.54, 1.807) is 0 Å². The number of piperidine rings is 1. The van der Waals surface area contributed by atoms with Crippen LogP contribution in [0.15, 0.2) is 4.99 Å². The van der Waals surface area contributed by atoms with E-state index in [4.69, 9.17) is 16.9 Å². The Morgan fingerprint density at radius 1 is 1.47 bits per heavy atom. The monoisotopic (exact) mass is 212 g/mol. The van der Waals surface area contributed by atoms with Crippen molar-refractivity contribution in [1.29, 1.82) is 5.41 Å². The third-order valence-corrected chi connectivity index (χ3v) is 2.62. The Balaban J connectivity index is 2.27. The summed E-state index contributed by atoms with van der Waals surface area (Å²) in [4.78, 5) is 6.47. The van der Waals surface area contributed by atoms with Gasteiger partial charge in [-0.05, 0) is 38.9 Å². The number of hydrogen-bond acceptors (Lipinski definition) is 3. The number of rotatable bonds is 2. The van der Waals surface area contributed by atoms with Crippen LogP contribution in [0, 0.1) is 11.3 Å². The molecule has 1 heterocycles. The van der Waals surface area contributed by atoms with Crippen LogP contribution < -0.4 is 16.8 Å². The van der Waals surface area contributed by atoms with E-state index in [0.717, 1.165) is 32.5 Å². The maximum atomic E-state index is 6.97. The fourth-order valence-corrected chi connectivity index (χ4v) is 1.65. The molecule has 0 spiro atoms. The molecule has 1 aliphatic heterocycles. The Hall–Kier alpha value is -1.30. The van der Waals surface area contributed by atoms with Crippen LogP contribution in [0.4, 0.5) is 0 Å². The molecular formula is C9H20N6. The van der Waals surface area contributed by atoms with Gasteiger partial charge in [0.15, 0.2) is 11.9 Å². The van der Waals surface area contributed by atoms with Gasteiger partial charge in [-0.15, -0.1) is 0 Å². The minimum absolute atomic E-state index is 0.167. The highest BCUT2D eigenvalue weighted by Gasteiger charge is 2.15. The summed E-state index contributed by atoms with van der Waals surface area (Å²) in [6.07, 6.45) is 2.32. The van der Waals surface area contributed by atoms with Gasteiger partial charge in [-0.1, -0.05) is 0 Å². The minimum Gasteiger partial charge on any atom is -0.370 e. The molecule has 0 amide bonds. The van der Waals surface area contributed by atoms with Crippen molar-refractivity contribution in [2.45, 2.75) is 12.8 Å². The van der Waals surface area contributed by atoms with E-state index in [9.17, 15) is 0 Å². The maximum absolute atomic E-state index is 6.97. The predicted octanol–water partition coefficient (Wildman–Crippen LogP) is -0.874. The Labute approximate surface area is 90.2 Å². The largest absolute Gasteiger partial charge is 0.370 e. The highest BCUT2D eigenvalue weighted by Crippen LogP contribution is 2.15. The second kappa shape index (κ2) is 5.55. The van der Waals surface area contributed by atoms with Gasteiger partial charge in [-0.2, -0.15) is 0 Å². The zero-order chi connectivity index (χ0) is 11.3. The molecule has 0 atom stereocenters. The lowest BCUT2D eigenvalue weighted by Crippen LogP contribution is -2.41. The minimum atomic E-state index is -0.167. The van der Waals surface area contributed by atoms with E-state index < -0.39 is 0 Å². The molecule has 0 aliphatic carbocycles. The molecule has 0 aromatic rings. The van der Waals surface area contributed by atoms with Crippen molar-refractivity contribution >= 4 is 11.9 Å². The molecule has 0 bridgehead atoms. The van der Waals surface area contributed by atoms with Crippen molar-refractivity contribution < 1.29 is 0 Å².